The molecule has 4 heteroatoms. The van der Waals surface area contributed by atoms with Crippen molar-refractivity contribution < 1.29 is 0 Å². The van der Waals surface area contributed by atoms with Crippen LogP contribution < -0.4 is 10.6 Å². The van der Waals surface area contributed by atoms with Gasteiger partial charge >= 0.3 is 0 Å². The third-order valence-electron chi connectivity index (χ3n) is 2.86. The Balaban J connectivity index is 2.72. The maximum Gasteiger partial charge on any atom is 0.0642 e. The van der Waals surface area contributed by atoms with Crippen LogP contribution in [0.1, 0.15) is 12.5 Å². The summed E-state index contributed by atoms with van der Waals surface area (Å²) in [7, 11) is 6.21. The van der Waals surface area contributed by atoms with Gasteiger partial charge in [-0.25, -0.2) is 0 Å². The Morgan fingerprint density at radius 2 is 1.89 bits per heavy atom. The summed E-state index contributed by atoms with van der Waals surface area (Å²) in [6, 6.07) is 6.37. The van der Waals surface area contributed by atoms with Gasteiger partial charge in [0.15, 0.2) is 0 Å². The van der Waals surface area contributed by atoms with E-state index in [1.165, 1.54) is 5.56 Å². The van der Waals surface area contributed by atoms with Gasteiger partial charge in [-0.05, 0) is 45.1 Å². The van der Waals surface area contributed by atoms with Crippen LogP contribution in [0.5, 0.6) is 0 Å². The van der Waals surface area contributed by atoms with Gasteiger partial charge in [-0.1, -0.05) is 17.7 Å². The van der Waals surface area contributed by atoms with Gasteiger partial charge < -0.3 is 15.5 Å². The van der Waals surface area contributed by atoms with Crippen LogP contribution in [0.3, 0.4) is 0 Å². The molecule has 0 amide bonds. The van der Waals surface area contributed by atoms with Gasteiger partial charge in [-0.15, -0.1) is 0 Å². The van der Waals surface area contributed by atoms with Crippen molar-refractivity contribution in [3.63, 3.8) is 0 Å². The van der Waals surface area contributed by atoms with Crippen molar-refractivity contribution in [1.29, 1.82) is 0 Å². The average Bonchev–Trinajstić information content (AvgIpc) is 2.25. The summed E-state index contributed by atoms with van der Waals surface area (Å²) in [5.74, 6) is 0. The van der Waals surface area contributed by atoms with Crippen LogP contribution in [0, 0.1) is 0 Å². The van der Waals surface area contributed by atoms with Crippen LogP contribution in [0.4, 0.5) is 5.69 Å². The van der Waals surface area contributed by atoms with Gasteiger partial charge in [-0.2, -0.15) is 0 Å². The maximum absolute atomic E-state index is 6.33. The van der Waals surface area contributed by atoms with Crippen molar-refractivity contribution in [2.45, 2.75) is 19.4 Å². The summed E-state index contributed by atoms with van der Waals surface area (Å²) < 4.78 is 0. The van der Waals surface area contributed by atoms with Crippen molar-refractivity contribution in [2.24, 2.45) is 5.73 Å². The first-order chi connectivity index (χ1) is 8.40. The SMILES string of the molecule is CC(N)Cc1ccc(N(C)CCN(C)C)c(Cl)c1. The molecule has 0 aromatic heterocycles. The molecule has 1 aromatic carbocycles. The molecule has 102 valence electrons. The molecule has 0 fully saturated rings. The fourth-order valence-corrected chi connectivity index (χ4v) is 2.18. The molecule has 1 unspecified atom stereocenters. The zero-order chi connectivity index (χ0) is 13.7. The van der Waals surface area contributed by atoms with Gasteiger partial charge in [0.1, 0.15) is 0 Å². The van der Waals surface area contributed by atoms with Crippen LogP contribution in [-0.4, -0.2) is 45.2 Å². The van der Waals surface area contributed by atoms with E-state index in [9.17, 15) is 0 Å². The number of hydrogen-bond donors (Lipinski definition) is 1. The molecule has 0 aliphatic rings. The Morgan fingerprint density at radius 3 is 2.39 bits per heavy atom. The largest absolute Gasteiger partial charge is 0.372 e. The Morgan fingerprint density at radius 1 is 1.22 bits per heavy atom. The quantitative estimate of drug-likeness (QED) is 0.860. The highest BCUT2D eigenvalue weighted by molar-refractivity contribution is 6.33. The second kappa shape index (κ2) is 6.98. The van der Waals surface area contributed by atoms with Crippen LogP contribution in [0.15, 0.2) is 18.2 Å². The molecular weight excluding hydrogens is 246 g/mol. The molecule has 1 atom stereocenters. The predicted molar refractivity (Wildman–Crippen MR) is 80.6 cm³/mol. The third kappa shape index (κ3) is 4.84. The molecule has 0 spiro atoms. The average molecular weight is 270 g/mol. The van der Waals surface area contributed by atoms with Gasteiger partial charge in [-0.3, -0.25) is 0 Å². The number of nitrogens with two attached hydrogens (primary N) is 1. The summed E-state index contributed by atoms with van der Waals surface area (Å²) in [5.41, 5.74) is 8.06. The lowest BCUT2D eigenvalue weighted by Crippen LogP contribution is -2.28. The zero-order valence-corrected chi connectivity index (χ0v) is 12.5. The molecule has 0 bridgehead atoms. The highest BCUT2D eigenvalue weighted by atomic mass is 35.5. The van der Waals surface area contributed by atoms with Crippen LogP contribution >= 0.6 is 11.6 Å². The predicted octanol–water partition coefficient (Wildman–Crippen LogP) is 2.23. The number of rotatable bonds is 6. The van der Waals surface area contributed by atoms with Crippen molar-refractivity contribution >= 4 is 17.3 Å². The molecule has 0 saturated heterocycles. The first-order valence-corrected chi connectivity index (χ1v) is 6.68. The van der Waals surface area contributed by atoms with E-state index in [-0.39, 0.29) is 6.04 Å². The lowest BCUT2D eigenvalue weighted by molar-refractivity contribution is 0.416. The number of halogens is 1. The van der Waals surface area contributed by atoms with E-state index in [2.05, 4.69) is 43.1 Å². The second-order valence-electron chi connectivity index (χ2n) is 5.19. The molecular formula is C14H24ClN3. The Kier molecular flexibility index (Phi) is 5.93. The number of hydrogen-bond acceptors (Lipinski definition) is 3. The van der Waals surface area contributed by atoms with Gasteiger partial charge in [0.05, 0.1) is 10.7 Å². The highest BCUT2D eigenvalue weighted by Crippen LogP contribution is 2.26. The molecule has 1 rings (SSSR count). The van der Waals surface area contributed by atoms with E-state index >= 15 is 0 Å². The smallest absolute Gasteiger partial charge is 0.0642 e. The van der Waals surface area contributed by atoms with Gasteiger partial charge in [0.2, 0.25) is 0 Å². The molecule has 18 heavy (non-hydrogen) atoms. The summed E-state index contributed by atoms with van der Waals surface area (Å²) in [5, 5.41) is 0.800. The minimum Gasteiger partial charge on any atom is -0.372 e. The normalized spacial score (nSPS) is 12.8. The highest BCUT2D eigenvalue weighted by Gasteiger charge is 2.08. The van der Waals surface area contributed by atoms with E-state index in [1.54, 1.807) is 0 Å². The Labute approximate surface area is 116 Å². The lowest BCUT2D eigenvalue weighted by atomic mass is 10.1. The molecule has 3 nitrogen and oxygen atoms in total. The van der Waals surface area contributed by atoms with E-state index in [0.29, 0.717) is 0 Å². The van der Waals surface area contributed by atoms with Crippen LogP contribution in [-0.2, 0) is 6.42 Å². The monoisotopic (exact) mass is 269 g/mol. The lowest BCUT2D eigenvalue weighted by Gasteiger charge is -2.23. The molecule has 0 heterocycles. The molecule has 0 aliphatic heterocycles. The minimum absolute atomic E-state index is 0.165. The molecule has 0 aliphatic carbocycles. The Bertz CT molecular complexity index is 377. The fourth-order valence-electron chi connectivity index (χ4n) is 1.83. The van der Waals surface area contributed by atoms with Crippen LogP contribution in [0.2, 0.25) is 5.02 Å². The zero-order valence-electron chi connectivity index (χ0n) is 11.8. The second-order valence-corrected chi connectivity index (χ2v) is 5.60. The molecule has 2 N–H and O–H groups in total. The number of likely N-dealkylation sites (N-methyl/N-ethyl adjacent to an activating group) is 2. The van der Waals surface area contributed by atoms with E-state index in [1.807, 2.05) is 13.0 Å². The van der Waals surface area contributed by atoms with Crippen molar-refractivity contribution in [1.82, 2.24) is 4.90 Å². The summed E-state index contributed by atoms with van der Waals surface area (Å²) >= 11 is 6.33. The molecule has 1 aromatic rings. The fraction of sp³-hybridized carbons (Fsp3) is 0.571. The standard InChI is InChI=1S/C14H24ClN3/c1-11(16)9-12-5-6-14(13(15)10-12)18(4)8-7-17(2)3/h5-6,10-11H,7-9,16H2,1-4H3. The minimum atomic E-state index is 0.165. The topological polar surface area (TPSA) is 32.5 Å². The van der Waals surface area contributed by atoms with Gasteiger partial charge in [0.25, 0.3) is 0 Å². The summed E-state index contributed by atoms with van der Waals surface area (Å²) in [6.45, 7) is 3.97. The number of nitrogens with zero attached hydrogens (tertiary/aromatic N) is 2. The Hall–Kier alpha value is -0.770. The van der Waals surface area contributed by atoms with Crippen LogP contribution in [0.25, 0.3) is 0 Å². The van der Waals surface area contributed by atoms with E-state index in [0.717, 1.165) is 30.2 Å². The maximum atomic E-state index is 6.33. The van der Waals surface area contributed by atoms with Crippen molar-refractivity contribution in [3.05, 3.63) is 28.8 Å². The van der Waals surface area contributed by atoms with E-state index in [4.69, 9.17) is 17.3 Å². The summed E-state index contributed by atoms with van der Waals surface area (Å²) in [4.78, 5) is 4.34. The molecule has 0 saturated carbocycles. The summed E-state index contributed by atoms with van der Waals surface area (Å²) in [6.07, 6.45) is 0.863. The third-order valence-corrected chi connectivity index (χ3v) is 3.17. The van der Waals surface area contributed by atoms with Gasteiger partial charge in [0, 0.05) is 26.2 Å². The number of benzene rings is 1. The van der Waals surface area contributed by atoms with Crippen molar-refractivity contribution in [3.8, 4) is 0 Å². The molecule has 0 radical (unpaired) electrons. The first-order valence-electron chi connectivity index (χ1n) is 6.30. The van der Waals surface area contributed by atoms with E-state index < -0.39 is 0 Å². The van der Waals surface area contributed by atoms with Crippen molar-refractivity contribution in [2.75, 3.05) is 39.1 Å². The first kappa shape index (κ1) is 15.3. The number of anilines is 1.